The topological polar surface area (TPSA) is 82.1 Å². The third kappa shape index (κ3) is 4.10. The van der Waals surface area contributed by atoms with Gasteiger partial charge in [-0.25, -0.2) is 21.9 Å². The van der Waals surface area contributed by atoms with Crippen LogP contribution in [0.4, 0.5) is 4.39 Å². The van der Waals surface area contributed by atoms with Gasteiger partial charge in [-0.3, -0.25) is 0 Å². The third-order valence-electron chi connectivity index (χ3n) is 3.96. The standard InChI is InChI=1S/C18H18FNO6S/c1-20(2)27(22,23)16-5-3-4-12(8-16)18(21)25-10-14-7-15(19)6-13-9-24-11-26-17(13)14/h3-8H,9-11H2,1-2H3. The van der Waals surface area contributed by atoms with Crippen LogP contribution in [0.2, 0.25) is 0 Å². The maximum absolute atomic E-state index is 13.7. The van der Waals surface area contributed by atoms with Gasteiger partial charge in [-0.05, 0) is 30.3 Å². The van der Waals surface area contributed by atoms with Crippen molar-refractivity contribution in [3.63, 3.8) is 0 Å². The highest BCUT2D eigenvalue weighted by Crippen LogP contribution is 2.30. The summed E-state index contributed by atoms with van der Waals surface area (Å²) in [5.74, 6) is -0.789. The number of carbonyl (C=O) groups is 1. The van der Waals surface area contributed by atoms with E-state index in [9.17, 15) is 17.6 Å². The van der Waals surface area contributed by atoms with E-state index in [2.05, 4.69) is 0 Å². The van der Waals surface area contributed by atoms with Gasteiger partial charge < -0.3 is 14.2 Å². The number of hydrogen-bond acceptors (Lipinski definition) is 6. The minimum Gasteiger partial charge on any atom is -0.467 e. The Kier molecular flexibility index (Phi) is 5.45. The van der Waals surface area contributed by atoms with Crippen LogP contribution < -0.4 is 4.74 Å². The summed E-state index contributed by atoms with van der Waals surface area (Å²) < 4.78 is 54.9. The second-order valence-electron chi connectivity index (χ2n) is 6.06. The number of rotatable bonds is 5. The average molecular weight is 395 g/mol. The van der Waals surface area contributed by atoms with Crippen molar-refractivity contribution in [3.8, 4) is 5.75 Å². The van der Waals surface area contributed by atoms with Gasteiger partial charge in [0.25, 0.3) is 0 Å². The van der Waals surface area contributed by atoms with E-state index in [0.717, 1.165) is 4.31 Å². The van der Waals surface area contributed by atoms with Crippen LogP contribution in [0.15, 0.2) is 41.3 Å². The maximum Gasteiger partial charge on any atom is 0.338 e. The molecule has 1 aliphatic heterocycles. The van der Waals surface area contributed by atoms with Crippen LogP contribution >= 0.6 is 0 Å². The fourth-order valence-electron chi connectivity index (χ4n) is 2.58. The molecule has 0 saturated carbocycles. The van der Waals surface area contributed by atoms with Crippen LogP contribution in [0.5, 0.6) is 5.75 Å². The molecule has 0 fully saturated rings. The summed E-state index contributed by atoms with van der Waals surface area (Å²) in [6, 6.07) is 8.06. The Labute approximate surface area is 156 Å². The molecule has 7 nitrogen and oxygen atoms in total. The van der Waals surface area contributed by atoms with Crippen molar-refractivity contribution in [3.05, 3.63) is 58.9 Å². The molecular formula is C18H18FNO6S. The summed E-state index contributed by atoms with van der Waals surface area (Å²) in [5.41, 5.74) is 0.984. The van der Waals surface area contributed by atoms with Crippen molar-refractivity contribution in [1.29, 1.82) is 0 Å². The molecule has 9 heteroatoms. The minimum atomic E-state index is -3.68. The van der Waals surface area contributed by atoms with E-state index >= 15 is 0 Å². The first-order valence-electron chi connectivity index (χ1n) is 8.00. The molecule has 1 heterocycles. The molecule has 1 aliphatic rings. The van der Waals surface area contributed by atoms with E-state index in [0.29, 0.717) is 16.9 Å². The monoisotopic (exact) mass is 395 g/mol. The quantitative estimate of drug-likeness (QED) is 0.723. The van der Waals surface area contributed by atoms with Crippen molar-refractivity contribution < 1.29 is 31.8 Å². The summed E-state index contributed by atoms with van der Waals surface area (Å²) in [5, 5.41) is 0. The summed E-state index contributed by atoms with van der Waals surface area (Å²) in [7, 11) is -0.876. The Bertz CT molecular complexity index is 974. The van der Waals surface area contributed by atoms with Crippen molar-refractivity contribution in [1.82, 2.24) is 4.31 Å². The zero-order chi connectivity index (χ0) is 19.6. The first-order chi connectivity index (χ1) is 12.8. The lowest BCUT2D eigenvalue weighted by molar-refractivity contribution is -0.0182. The molecule has 27 heavy (non-hydrogen) atoms. The van der Waals surface area contributed by atoms with Gasteiger partial charge in [-0.1, -0.05) is 6.07 Å². The number of ether oxygens (including phenoxy) is 3. The Morgan fingerprint density at radius 1 is 1.26 bits per heavy atom. The fourth-order valence-corrected chi connectivity index (χ4v) is 3.53. The number of carbonyl (C=O) groups excluding carboxylic acids is 1. The minimum absolute atomic E-state index is 0.0226. The van der Waals surface area contributed by atoms with Gasteiger partial charge in [0, 0.05) is 25.2 Å². The second-order valence-corrected chi connectivity index (χ2v) is 8.21. The van der Waals surface area contributed by atoms with Gasteiger partial charge in [-0.2, -0.15) is 0 Å². The van der Waals surface area contributed by atoms with Crippen molar-refractivity contribution >= 4 is 16.0 Å². The van der Waals surface area contributed by atoms with Crippen molar-refractivity contribution in [2.24, 2.45) is 0 Å². The molecule has 0 bridgehead atoms. The Morgan fingerprint density at radius 2 is 2.04 bits per heavy atom. The normalized spacial score (nSPS) is 13.8. The van der Waals surface area contributed by atoms with Crippen molar-refractivity contribution in [2.45, 2.75) is 18.1 Å². The number of fused-ring (bicyclic) bond motifs is 1. The zero-order valence-electron chi connectivity index (χ0n) is 14.8. The maximum atomic E-state index is 13.7. The van der Waals surface area contributed by atoms with Crippen LogP contribution in [-0.2, 0) is 32.7 Å². The van der Waals surface area contributed by atoms with Crippen LogP contribution in [0.25, 0.3) is 0 Å². The molecule has 0 radical (unpaired) electrons. The van der Waals surface area contributed by atoms with Crippen LogP contribution in [-0.4, -0.2) is 39.6 Å². The van der Waals surface area contributed by atoms with E-state index in [-0.39, 0.29) is 30.5 Å². The van der Waals surface area contributed by atoms with Gasteiger partial charge >= 0.3 is 5.97 Å². The smallest absolute Gasteiger partial charge is 0.338 e. The molecule has 0 unspecified atom stereocenters. The molecule has 2 aromatic rings. The van der Waals surface area contributed by atoms with E-state index in [1.165, 1.54) is 50.5 Å². The van der Waals surface area contributed by atoms with Crippen LogP contribution in [0.3, 0.4) is 0 Å². The van der Waals surface area contributed by atoms with Crippen molar-refractivity contribution in [2.75, 3.05) is 20.9 Å². The average Bonchev–Trinajstić information content (AvgIpc) is 2.65. The molecule has 3 rings (SSSR count). The van der Waals surface area contributed by atoms with Gasteiger partial charge in [-0.15, -0.1) is 0 Å². The SMILES string of the molecule is CN(C)S(=O)(=O)c1cccc(C(=O)OCc2cc(F)cc3c2OCOC3)c1. The molecule has 2 aromatic carbocycles. The molecule has 144 valence electrons. The third-order valence-corrected chi connectivity index (χ3v) is 5.77. The van der Waals surface area contributed by atoms with Gasteiger partial charge in [0.1, 0.15) is 18.2 Å². The predicted molar refractivity (Wildman–Crippen MR) is 93.1 cm³/mol. The number of nitrogens with zero attached hydrogens (tertiary/aromatic N) is 1. The number of halogens is 1. The highest BCUT2D eigenvalue weighted by molar-refractivity contribution is 7.89. The largest absolute Gasteiger partial charge is 0.467 e. The number of esters is 1. The summed E-state index contributed by atoms with van der Waals surface area (Å²) >= 11 is 0. The lowest BCUT2D eigenvalue weighted by Gasteiger charge is -2.20. The van der Waals surface area contributed by atoms with Gasteiger partial charge in [0.05, 0.1) is 17.1 Å². The molecule has 0 N–H and O–H groups in total. The van der Waals surface area contributed by atoms with Crippen LogP contribution in [0, 0.1) is 5.82 Å². The number of sulfonamides is 1. The van der Waals surface area contributed by atoms with E-state index in [1.54, 1.807) is 0 Å². The lowest BCUT2D eigenvalue weighted by atomic mass is 10.1. The highest BCUT2D eigenvalue weighted by Gasteiger charge is 2.21. The van der Waals surface area contributed by atoms with Gasteiger partial charge in [0.15, 0.2) is 6.79 Å². The molecule has 0 aliphatic carbocycles. The molecule has 0 aromatic heterocycles. The van der Waals surface area contributed by atoms with E-state index in [1.807, 2.05) is 0 Å². The second kappa shape index (κ2) is 7.63. The Hall–Kier alpha value is -2.49. The summed E-state index contributed by atoms with van der Waals surface area (Å²) in [6.07, 6.45) is 0. The number of hydrogen-bond donors (Lipinski definition) is 0. The zero-order valence-corrected chi connectivity index (χ0v) is 15.6. The summed E-state index contributed by atoms with van der Waals surface area (Å²) in [6.45, 7) is 0.0199. The lowest BCUT2D eigenvalue weighted by Crippen LogP contribution is -2.22. The first kappa shape index (κ1) is 19.3. The highest BCUT2D eigenvalue weighted by atomic mass is 32.2. The molecule has 0 amide bonds. The van der Waals surface area contributed by atoms with E-state index in [4.69, 9.17) is 14.2 Å². The number of benzene rings is 2. The fraction of sp³-hybridized carbons (Fsp3) is 0.278. The summed E-state index contributed by atoms with van der Waals surface area (Å²) in [4.78, 5) is 12.3. The predicted octanol–water partition coefficient (Wildman–Crippen LogP) is 2.30. The molecular weight excluding hydrogens is 377 g/mol. The van der Waals surface area contributed by atoms with E-state index < -0.39 is 21.8 Å². The first-order valence-corrected chi connectivity index (χ1v) is 9.44. The molecule has 0 atom stereocenters. The Morgan fingerprint density at radius 3 is 2.78 bits per heavy atom. The van der Waals surface area contributed by atoms with Gasteiger partial charge in [0.2, 0.25) is 10.0 Å². The van der Waals surface area contributed by atoms with Crippen LogP contribution in [0.1, 0.15) is 21.5 Å². The molecule has 0 spiro atoms. The Balaban J connectivity index is 1.79. The molecule has 0 saturated heterocycles.